The molecule has 166 valence electrons. The third-order valence-corrected chi connectivity index (χ3v) is 3.44. The summed E-state index contributed by atoms with van der Waals surface area (Å²) < 4.78 is 34.6. The molecule has 18 nitrogen and oxygen atoms in total. The number of nitrogens with zero attached hydrogens (tertiary/aromatic N) is 4. The van der Waals surface area contributed by atoms with Gasteiger partial charge in [-0.2, -0.15) is 0 Å². The second kappa shape index (κ2) is 11.1. The third-order valence-electron chi connectivity index (χ3n) is 3.06. The molecule has 0 spiro atoms. The molecule has 0 aliphatic rings. The van der Waals surface area contributed by atoms with Gasteiger partial charge in [-0.1, -0.05) is 0 Å². The standard InChI is InChI=1S/C6H3N3O7.C6H6N2O6S.Na/c10-6-4(8(13)14)1-3(7(11)12)2-5(6)9(15)16;7-5-2-1-4(8(9)10)3-6(5)14-15(11,12)13;/h1-2,10H;1-3H,7H2,(H,11,12,13);/q;;+1/p-1. The van der Waals surface area contributed by atoms with E-state index in [0.717, 1.165) is 18.2 Å². The molecule has 0 saturated heterocycles. The van der Waals surface area contributed by atoms with Gasteiger partial charge in [0.25, 0.3) is 27.5 Å². The minimum Gasteiger partial charge on any atom is -0.716 e. The van der Waals surface area contributed by atoms with Gasteiger partial charge in [-0.15, -0.1) is 0 Å². The van der Waals surface area contributed by atoms with Crippen LogP contribution in [0.2, 0.25) is 0 Å². The molecule has 0 fully saturated rings. The first-order valence-corrected chi connectivity index (χ1v) is 8.46. The Morgan fingerprint density at radius 2 is 1.25 bits per heavy atom. The monoisotopic (exact) mass is 485 g/mol. The number of hydrogen-bond donors (Lipinski definition) is 2. The van der Waals surface area contributed by atoms with Crippen LogP contribution in [0.15, 0.2) is 30.3 Å². The van der Waals surface area contributed by atoms with E-state index < -0.39 is 64.3 Å². The van der Waals surface area contributed by atoms with E-state index in [1.54, 1.807) is 0 Å². The zero-order chi connectivity index (χ0) is 24.1. The summed E-state index contributed by atoms with van der Waals surface area (Å²) in [6.07, 6.45) is 0. The summed E-state index contributed by atoms with van der Waals surface area (Å²) in [5.41, 5.74) is 1.64. The average molecular weight is 485 g/mol. The Morgan fingerprint density at radius 1 is 0.812 bits per heavy atom. The van der Waals surface area contributed by atoms with Crippen LogP contribution in [0, 0.1) is 40.5 Å². The molecule has 20 heteroatoms. The average Bonchev–Trinajstić information content (AvgIpc) is 2.62. The van der Waals surface area contributed by atoms with Gasteiger partial charge in [-0.05, 0) is 6.07 Å². The minimum absolute atomic E-state index is 0. The molecule has 0 unspecified atom stereocenters. The maximum absolute atomic E-state index is 10.4. The topological polar surface area (TPSA) is 285 Å². The van der Waals surface area contributed by atoms with Crippen molar-refractivity contribution >= 4 is 38.8 Å². The number of nitrogens with two attached hydrogens (primary N) is 1. The van der Waals surface area contributed by atoms with Crippen molar-refractivity contribution in [1.82, 2.24) is 0 Å². The van der Waals surface area contributed by atoms with Crippen molar-refractivity contribution in [2.24, 2.45) is 0 Å². The van der Waals surface area contributed by atoms with Gasteiger partial charge in [-0.3, -0.25) is 40.5 Å². The molecule has 2 aromatic rings. The van der Waals surface area contributed by atoms with Crippen LogP contribution in [-0.2, 0) is 10.4 Å². The first kappa shape index (κ1) is 28.3. The Hall–Kier alpha value is -3.65. The molecule has 0 saturated carbocycles. The van der Waals surface area contributed by atoms with Crippen LogP contribution >= 0.6 is 0 Å². The third kappa shape index (κ3) is 7.88. The van der Waals surface area contributed by atoms with Crippen molar-refractivity contribution in [3.63, 3.8) is 0 Å². The van der Waals surface area contributed by atoms with Gasteiger partial charge in [-0.25, -0.2) is 8.42 Å². The Bertz CT molecular complexity index is 1150. The second-order valence-electron chi connectivity index (χ2n) is 5.07. The van der Waals surface area contributed by atoms with Gasteiger partial charge < -0.3 is 19.6 Å². The van der Waals surface area contributed by atoms with Crippen LogP contribution in [0.25, 0.3) is 0 Å². The molecule has 2 rings (SSSR count). The summed E-state index contributed by atoms with van der Waals surface area (Å²) in [4.78, 5) is 37.3. The maximum Gasteiger partial charge on any atom is 1.00 e. The van der Waals surface area contributed by atoms with Crippen LogP contribution in [-0.4, -0.2) is 37.8 Å². The summed E-state index contributed by atoms with van der Waals surface area (Å²) in [5.74, 6) is -1.76. The number of aromatic hydroxyl groups is 1. The Labute approximate surface area is 198 Å². The molecular weight excluding hydrogens is 477 g/mol. The number of phenolic OH excluding ortho intramolecular Hbond substituents is 1. The number of nitro groups is 4. The number of nitrogen functional groups attached to an aromatic ring is 1. The molecule has 0 aromatic heterocycles. The normalized spacial score (nSPS) is 10.0. The van der Waals surface area contributed by atoms with Crippen LogP contribution in [0.1, 0.15) is 0 Å². The first-order valence-electron chi connectivity index (χ1n) is 7.13. The van der Waals surface area contributed by atoms with Crippen molar-refractivity contribution in [2.45, 2.75) is 0 Å². The van der Waals surface area contributed by atoms with Crippen molar-refractivity contribution < 1.29 is 71.5 Å². The first-order chi connectivity index (χ1) is 14.1. The molecule has 0 heterocycles. The fourth-order valence-electron chi connectivity index (χ4n) is 1.79. The van der Waals surface area contributed by atoms with Crippen LogP contribution in [0.3, 0.4) is 0 Å². The fraction of sp³-hybridized carbons (Fsp3) is 0. The van der Waals surface area contributed by atoms with Gasteiger partial charge in [0.05, 0.1) is 43.6 Å². The van der Waals surface area contributed by atoms with E-state index >= 15 is 0 Å². The summed E-state index contributed by atoms with van der Waals surface area (Å²) in [6.45, 7) is 0. The van der Waals surface area contributed by atoms with Crippen molar-refractivity contribution in [1.29, 1.82) is 0 Å². The van der Waals surface area contributed by atoms with Crippen LogP contribution in [0.4, 0.5) is 28.4 Å². The Kier molecular flexibility index (Phi) is 9.84. The van der Waals surface area contributed by atoms with E-state index in [1.165, 1.54) is 0 Å². The van der Waals surface area contributed by atoms with Gasteiger partial charge in [0.1, 0.15) is 0 Å². The van der Waals surface area contributed by atoms with E-state index in [9.17, 15) is 53.4 Å². The van der Waals surface area contributed by atoms with Crippen molar-refractivity contribution in [2.75, 3.05) is 5.73 Å². The van der Waals surface area contributed by atoms with Crippen LogP contribution in [0.5, 0.6) is 11.5 Å². The smallest absolute Gasteiger partial charge is 0.716 e. The number of rotatable bonds is 6. The molecule has 0 bridgehead atoms. The number of nitro benzene ring substituents is 4. The molecule has 2 aromatic carbocycles. The molecule has 0 atom stereocenters. The molecule has 0 aliphatic heterocycles. The van der Waals surface area contributed by atoms with Gasteiger partial charge in [0.2, 0.25) is 0 Å². The second-order valence-corrected chi connectivity index (χ2v) is 6.06. The summed E-state index contributed by atoms with van der Waals surface area (Å²) in [6, 6.07) is 3.77. The number of non-ortho nitro benzene ring substituents is 2. The number of benzene rings is 2. The number of hydrogen-bond acceptors (Lipinski definition) is 14. The molecule has 0 aliphatic carbocycles. The largest absolute Gasteiger partial charge is 1.00 e. The summed E-state index contributed by atoms with van der Waals surface area (Å²) in [7, 11) is -4.99. The fourth-order valence-corrected chi connectivity index (χ4v) is 2.16. The SMILES string of the molecule is Nc1ccc([N+](=O)[O-])cc1OS(=O)(=O)[O-].O=[N+]([O-])c1cc([N+](=O)[O-])c(O)c([N+](=O)[O-])c1.[Na+]. The van der Waals surface area contributed by atoms with E-state index in [-0.39, 0.29) is 35.2 Å². The van der Waals surface area contributed by atoms with Gasteiger partial charge >= 0.3 is 40.9 Å². The van der Waals surface area contributed by atoms with Crippen molar-refractivity contribution in [3.8, 4) is 11.5 Å². The van der Waals surface area contributed by atoms with E-state index in [4.69, 9.17) is 10.8 Å². The summed E-state index contributed by atoms with van der Waals surface area (Å²) >= 11 is 0. The van der Waals surface area contributed by atoms with Gasteiger partial charge in [0.15, 0.2) is 5.75 Å². The predicted octanol–water partition coefficient (Wildman–Crippen LogP) is -1.86. The van der Waals surface area contributed by atoms with E-state index in [1.807, 2.05) is 0 Å². The van der Waals surface area contributed by atoms with Gasteiger partial charge in [0, 0.05) is 6.07 Å². The molecule has 0 radical (unpaired) electrons. The molecule has 32 heavy (non-hydrogen) atoms. The van der Waals surface area contributed by atoms with Crippen molar-refractivity contribution in [3.05, 3.63) is 70.8 Å². The maximum atomic E-state index is 10.4. The molecular formula is C12H8N5NaO13S. The zero-order valence-electron chi connectivity index (χ0n) is 15.5. The van der Waals surface area contributed by atoms with E-state index in [2.05, 4.69) is 4.18 Å². The molecule has 3 N–H and O–H groups in total. The van der Waals surface area contributed by atoms with E-state index in [0.29, 0.717) is 12.1 Å². The zero-order valence-corrected chi connectivity index (χ0v) is 18.3. The van der Waals surface area contributed by atoms with Crippen LogP contribution < -0.4 is 39.5 Å². The summed E-state index contributed by atoms with van der Waals surface area (Å²) in [5, 5.41) is 50.5. The minimum atomic E-state index is -4.99. The Balaban J connectivity index is 0.000000584. The number of anilines is 1. The predicted molar refractivity (Wildman–Crippen MR) is 95.9 cm³/mol. The Morgan fingerprint density at radius 3 is 1.59 bits per heavy atom. The molecule has 0 amide bonds. The quantitative estimate of drug-likeness (QED) is 0.113. The number of phenols is 1.